The fraction of sp³-hybridized carbons (Fsp3) is 0.286. The third-order valence-electron chi connectivity index (χ3n) is 2.70. The van der Waals surface area contributed by atoms with Crippen LogP contribution in [-0.2, 0) is 6.42 Å². The van der Waals surface area contributed by atoms with E-state index in [2.05, 4.69) is 4.98 Å². The number of nitrogens with zero attached hydrogens (tertiary/aromatic N) is 1. The van der Waals surface area contributed by atoms with Crippen LogP contribution >= 0.6 is 11.3 Å². The molecule has 2 rings (SSSR count). The maximum Gasteiger partial charge on any atom is 0.347 e. The van der Waals surface area contributed by atoms with E-state index in [-0.39, 0.29) is 0 Å². The molecule has 0 amide bonds. The van der Waals surface area contributed by atoms with Gasteiger partial charge in [0, 0.05) is 5.56 Å². The minimum atomic E-state index is -0.907. The molecule has 1 heterocycles. The first kappa shape index (κ1) is 13.5. The third-order valence-corrected chi connectivity index (χ3v) is 3.83. The van der Waals surface area contributed by atoms with Gasteiger partial charge in [0.1, 0.15) is 15.6 Å². The molecule has 0 fully saturated rings. The van der Waals surface area contributed by atoms with Gasteiger partial charge in [-0.2, -0.15) is 0 Å². The lowest BCUT2D eigenvalue weighted by molar-refractivity contribution is 0.0700. The Morgan fingerprint density at radius 1 is 1.47 bits per heavy atom. The highest BCUT2D eigenvalue weighted by atomic mass is 32.1. The molecule has 0 unspecified atom stereocenters. The molecule has 1 N–H and O–H groups in total. The summed E-state index contributed by atoms with van der Waals surface area (Å²) in [5.74, 6) is -0.170. The number of hydrogen-bond acceptors (Lipinski definition) is 4. The largest absolute Gasteiger partial charge is 0.497 e. The quantitative estimate of drug-likeness (QED) is 0.909. The average Bonchev–Trinajstić information content (AvgIpc) is 2.83. The number of carboxylic acids is 1. The smallest absolute Gasteiger partial charge is 0.347 e. The number of carboxylic acid groups (broad SMARTS) is 1. The van der Waals surface area contributed by atoms with Gasteiger partial charge >= 0.3 is 5.97 Å². The van der Waals surface area contributed by atoms with Crippen LogP contribution in [-0.4, -0.2) is 23.2 Å². The topological polar surface area (TPSA) is 59.4 Å². The second-order valence-corrected chi connectivity index (χ2v) is 5.08. The summed E-state index contributed by atoms with van der Waals surface area (Å²) in [5, 5.41) is 9.92. The zero-order chi connectivity index (χ0) is 13.8. The molecule has 0 saturated heterocycles. The van der Waals surface area contributed by atoms with Crippen molar-refractivity contribution in [1.29, 1.82) is 0 Å². The monoisotopic (exact) mass is 277 g/mol. The highest BCUT2D eigenvalue weighted by Crippen LogP contribution is 2.30. The van der Waals surface area contributed by atoms with Gasteiger partial charge < -0.3 is 9.84 Å². The first-order chi connectivity index (χ1) is 9.15. The molecule has 0 spiro atoms. The van der Waals surface area contributed by atoms with Crippen LogP contribution in [0.3, 0.4) is 0 Å². The molecule has 0 radical (unpaired) electrons. The van der Waals surface area contributed by atoms with Crippen LogP contribution in [0.25, 0.3) is 10.6 Å². The molecule has 0 aliphatic heterocycles. The molecule has 0 saturated carbocycles. The van der Waals surface area contributed by atoms with Crippen molar-refractivity contribution >= 4 is 17.3 Å². The number of aromatic carboxylic acids is 1. The summed E-state index contributed by atoms with van der Waals surface area (Å²) in [4.78, 5) is 16.0. The summed E-state index contributed by atoms with van der Waals surface area (Å²) in [6.45, 7) is 2.01. The van der Waals surface area contributed by atoms with Gasteiger partial charge in [0.05, 0.1) is 12.8 Å². The molecule has 0 bridgehead atoms. The summed E-state index contributed by atoms with van der Waals surface area (Å²) < 4.78 is 5.17. The van der Waals surface area contributed by atoms with E-state index >= 15 is 0 Å². The van der Waals surface area contributed by atoms with Crippen molar-refractivity contribution in [3.63, 3.8) is 0 Å². The van der Waals surface area contributed by atoms with Crippen LogP contribution in [0.2, 0.25) is 0 Å². The predicted octanol–water partition coefficient (Wildman–Crippen LogP) is 3.47. The number of carbonyl (C=O) groups is 1. The highest BCUT2D eigenvalue weighted by molar-refractivity contribution is 7.17. The van der Waals surface area contributed by atoms with Gasteiger partial charge in [0.2, 0.25) is 0 Å². The molecule has 0 aliphatic rings. The van der Waals surface area contributed by atoms with Crippen LogP contribution in [0, 0.1) is 0 Å². The van der Waals surface area contributed by atoms with Crippen LogP contribution < -0.4 is 4.74 Å². The molecular formula is C14H15NO3S. The van der Waals surface area contributed by atoms with Gasteiger partial charge in [-0.1, -0.05) is 25.5 Å². The number of rotatable bonds is 5. The zero-order valence-electron chi connectivity index (χ0n) is 10.8. The molecule has 0 atom stereocenters. The van der Waals surface area contributed by atoms with Crippen molar-refractivity contribution in [2.75, 3.05) is 7.11 Å². The van der Waals surface area contributed by atoms with E-state index in [1.807, 2.05) is 31.2 Å². The average molecular weight is 277 g/mol. The fourth-order valence-corrected chi connectivity index (χ4v) is 2.75. The molecular weight excluding hydrogens is 262 g/mol. The minimum absolute atomic E-state index is 0.333. The lowest BCUT2D eigenvalue weighted by atomic mass is 10.2. The number of aromatic nitrogens is 1. The second kappa shape index (κ2) is 5.84. The van der Waals surface area contributed by atoms with E-state index in [0.29, 0.717) is 17.0 Å². The normalized spacial score (nSPS) is 10.4. The number of thiazole rings is 1. The highest BCUT2D eigenvalue weighted by Gasteiger charge is 2.17. The van der Waals surface area contributed by atoms with Crippen molar-refractivity contribution in [3.8, 4) is 16.3 Å². The summed E-state index contributed by atoms with van der Waals surface area (Å²) in [5.41, 5.74) is 1.55. The molecule has 19 heavy (non-hydrogen) atoms. The number of benzene rings is 1. The number of aryl methyl sites for hydroxylation is 1. The van der Waals surface area contributed by atoms with E-state index < -0.39 is 5.97 Å². The van der Waals surface area contributed by atoms with Gasteiger partial charge in [0.25, 0.3) is 0 Å². The van der Waals surface area contributed by atoms with E-state index in [0.717, 1.165) is 22.7 Å². The van der Waals surface area contributed by atoms with Gasteiger partial charge in [-0.25, -0.2) is 9.78 Å². The third kappa shape index (κ3) is 2.93. The molecule has 100 valence electrons. The molecule has 1 aromatic heterocycles. The maximum absolute atomic E-state index is 11.2. The number of methoxy groups -OCH3 is 1. The Bertz CT molecular complexity index is 592. The Hall–Kier alpha value is -1.88. The van der Waals surface area contributed by atoms with Gasteiger partial charge in [-0.05, 0) is 18.6 Å². The van der Waals surface area contributed by atoms with Crippen LogP contribution in [0.4, 0.5) is 0 Å². The van der Waals surface area contributed by atoms with Crippen molar-refractivity contribution in [3.05, 3.63) is 34.8 Å². The minimum Gasteiger partial charge on any atom is -0.497 e. The van der Waals surface area contributed by atoms with Crippen LogP contribution in [0.15, 0.2) is 24.3 Å². The number of hydrogen-bond donors (Lipinski definition) is 1. The summed E-state index contributed by atoms with van der Waals surface area (Å²) in [6.07, 6.45) is 1.56. The van der Waals surface area contributed by atoms with Gasteiger partial charge in [-0.3, -0.25) is 0 Å². The SMILES string of the molecule is CCCc1nc(-c2cccc(OC)c2)sc1C(=O)O. The van der Waals surface area contributed by atoms with Crippen molar-refractivity contribution < 1.29 is 14.6 Å². The van der Waals surface area contributed by atoms with Gasteiger partial charge in [0.15, 0.2) is 0 Å². The molecule has 0 aliphatic carbocycles. The van der Waals surface area contributed by atoms with Gasteiger partial charge in [-0.15, -0.1) is 11.3 Å². The Morgan fingerprint density at radius 3 is 2.89 bits per heavy atom. The molecule has 5 heteroatoms. The van der Waals surface area contributed by atoms with Crippen LogP contribution in [0.5, 0.6) is 5.75 Å². The lowest BCUT2D eigenvalue weighted by Gasteiger charge is -2.01. The standard InChI is InChI=1S/C14H15NO3S/c1-3-5-11-12(14(16)17)19-13(15-11)9-6-4-7-10(8-9)18-2/h4,6-8H,3,5H2,1-2H3,(H,16,17). The Kier molecular flexibility index (Phi) is 4.16. The van der Waals surface area contributed by atoms with E-state index in [9.17, 15) is 9.90 Å². The van der Waals surface area contributed by atoms with Crippen molar-refractivity contribution in [2.45, 2.75) is 19.8 Å². The van der Waals surface area contributed by atoms with Crippen molar-refractivity contribution in [2.24, 2.45) is 0 Å². The van der Waals surface area contributed by atoms with E-state index in [1.165, 1.54) is 11.3 Å². The lowest BCUT2D eigenvalue weighted by Crippen LogP contribution is -1.98. The molecule has 4 nitrogen and oxygen atoms in total. The van der Waals surface area contributed by atoms with E-state index in [4.69, 9.17) is 4.74 Å². The zero-order valence-corrected chi connectivity index (χ0v) is 11.7. The van der Waals surface area contributed by atoms with E-state index in [1.54, 1.807) is 7.11 Å². The van der Waals surface area contributed by atoms with Crippen molar-refractivity contribution in [1.82, 2.24) is 4.98 Å². The Labute approximate surface area is 115 Å². The first-order valence-electron chi connectivity index (χ1n) is 6.03. The summed E-state index contributed by atoms with van der Waals surface area (Å²) in [6, 6.07) is 7.49. The summed E-state index contributed by atoms with van der Waals surface area (Å²) in [7, 11) is 1.60. The number of ether oxygens (including phenoxy) is 1. The maximum atomic E-state index is 11.2. The Balaban J connectivity index is 2.44. The Morgan fingerprint density at radius 2 is 2.26 bits per heavy atom. The molecule has 1 aromatic carbocycles. The summed E-state index contributed by atoms with van der Waals surface area (Å²) >= 11 is 1.21. The molecule has 2 aromatic rings. The second-order valence-electron chi connectivity index (χ2n) is 4.08. The predicted molar refractivity (Wildman–Crippen MR) is 75.1 cm³/mol. The van der Waals surface area contributed by atoms with Crippen LogP contribution in [0.1, 0.15) is 28.7 Å². The first-order valence-corrected chi connectivity index (χ1v) is 6.84. The fourth-order valence-electron chi connectivity index (χ4n) is 1.80.